The quantitative estimate of drug-likeness (QED) is 0.656. The Labute approximate surface area is 170 Å². The first kappa shape index (κ1) is 22.5. The van der Waals surface area contributed by atoms with E-state index >= 15 is 0 Å². The van der Waals surface area contributed by atoms with Crippen LogP contribution in [-0.4, -0.2) is 54.3 Å². The Bertz CT molecular complexity index is 860. The van der Waals surface area contributed by atoms with E-state index in [1.165, 1.54) is 28.9 Å². The number of ether oxygens (including phenoxy) is 1. The van der Waals surface area contributed by atoms with E-state index in [-0.39, 0.29) is 24.1 Å². The monoisotopic (exact) mass is 427 g/mol. The number of benzene rings is 1. The number of aromatic nitrogens is 1. The van der Waals surface area contributed by atoms with Crippen LogP contribution in [0.3, 0.4) is 0 Å². The van der Waals surface area contributed by atoms with Crippen LogP contribution in [0.25, 0.3) is 0 Å². The summed E-state index contributed by atoms with van der Waals surface area (Å²) in [7, 11) is 3.29. The molecule has 0 saturated heterocycles. The summed E-state index contributed by atoms with van der Waals surface area (Å²) in [6.45, 7) is -1.53. The van der Waals surface area contributed by atoms with Crippen LogP contribution in [0.2, 0.25) is 0 Å². The molecule has 0 fully saturated rings. The summed E-state index contributed by atoms with van der Waals surface area (Å²) in [6.07, 6.45) is -3.18. The molecule has 10 heteroatoms. The number of hydrogen-bond donors (Lipinski definition) is 1. The van der Waals surface area contributed by atoms with Gasteiger partial charge < -0.3 is 15.0 Å². The summed E-state index contributed by atoms with van der Waals surface area (Å²) in [5.74, 6) is -0.526. The van der Waals surface area contributed by atoms with Gasteiger partial charge in [0.2, 0.25) is 11.8 Å². The van der Waals surface area contributed by atoms with Crippen molar-refractivity contribution in [2.75, 3.05) is 26.5 Å². The van der Waals surface area contributed by atoms with Gasteiger partial charge in [0.15, 0.2) is 6.61 Å². The zero-order chi connectivity index (χ0) is 21.4. The molecule has 156 valence electrons. The number of rotatable bonds is 8. The van der Waals surface area contributed by atoms with Crippen molar-refractivity contribution in [3.8, 4) is 5.88 Å². The molecule has 1 heterocycles. The molecule has 0 aliphatic rings. The van der Waals surface area contributed by atoms with Gasteiger partial charge in [0, 0.05) is 37.3 Å². The first-order valence-electron chi connectivity index (χ1n) is 8.51. The van der Waals surface area contributed by atoms with Crippen molar-refractivity contribution in [3.63, 3.8) is 0 Å². The highest BCUT2D eigenvalue weighted by molar-refractivity contribution is 8.00. The Kier molecular flexibility index (Phi) is 7.89. The second-order valence-electron chi connectivity index (χ2n) is 6.13. The molecular formula is C19H20F3N3O3S. The summed E-state index contributed by atoms with van der Waals surface area (Å²) in [4.78, 5) is 30.2. The SMILES string of the molecule is CN(C)C(=O)CSc1ccccc1C(=O)NCc1cccnc1OCC(F)(F)F. The van der Waals surface area contributed by atoms with Crippen molar-refractivity contribution in [1.82, 2.24) is 15.2 Å². The lowest BCUT2D eigenvalue weighted by Crippen LogP contribution is -2.25. The maximum Gasteiger partial charge on any atom is 0.422 e. The van der Waals surface area contributed by atoms with Crippen LogP contribution in [0.15, 0.2) is 47.5 Å². The molecule has 2 rings (SSSR count). The number of amides is 2. The molecule has 0 unspecified atom stereocenters. The van der Waals surface area contributed by atoms with Crippen LogP contribution in [0.1, 0.15) is 15.9 Å². The van der Waals surface area contributed by atoms with Crippen molar-refractivity contribution in [1.29, 1.82) is 0 Å². The maximum absolute atomic E-state index is 12.6. The molecule has 1 aromatic heterocycles. The molecule has 0 saturated carbocycles. The number of halogens is 3. The summed E-state index contributed by atoms with van der Waals surface area (Å²) in [5.41, 5.74) is 0.684. The van der Waals surface area contributed by atoms with Crippen LogP contribution in [0.4, 0.5) is 13.2 Å². The number of alkyl halides is 3. The Morgan fingerprint density at radius 2 is 1.90 bits per heavy atom. The summed E-state index contributed by atoms with van der Waals surface area (Å²) in [6, 6.07) is 9.85. The molecule has 2 aromatic rings. The predicted octanol–water partition coefficient (Wildman–Crippen LogP) is 3.13. The minimum Gasteiger partial charge on any atom is -0.468 e. The van der Waals surface area contributed by atoms with Crippen molar-refractivity contribution in [3.05, 3.63) is 53.7 Å². The van der Waals surface area contributed by atoms with Crippen molar-refractivity contribution >= 4 is 23.6 Å². The third-order valence-corrected chi connectivity index (χ3v) is 4.70. The summed E-state index contributed by atoms with van der Waals surface area (Å²) in [5, 5.41) is 2.65. The Balaban J connectivity index is 2.04. The van der Waals surface area contributed by atoms with Crippen LogP contribution in [0.5, 0.6) is 5.88 Å². The van der Waals surface area contributed by atoms with Gasteiger partial charge in [0.05, 0.1) is 11.3 Å². The average Bonchev–Trinajstić information content (AvgIpc) is 2.68. The van der Waals surface area contributed by atoms with Gasteiger partial charge >= 0.3 is 6.18 Å². The normalized spacial score (nSPS) is 11.1. The van der Waals surface area contributed by atoms with Gasteiger partial charge in [-0.25, -0.2) is 4.98 Å². The smallest absolute Gasteiger partial charge is 0.422 e. The molecule has 0 spiro atoms. The van der Waals surface area contributed by atoms with E-state index in [4.69, 9.17) is 4.74 Å². The van der Waals surface area contributed by atoms with Gasteiger partial charge in [0.1, 0.15) is 0 Å². The minimum atomic E-state index is -4.49. The van der Waals surface area contributed by atoms with Gasteiger partial charge in [0.25, 0.3) is 5.91 Å². The molecular weight excluding hydrogens is 407 g/mol. The summed E-state index contributed by atoms with van der Waals surface area (Å²) < 4.78 is 41.9. The first-order valence-corrected chi connectivity index (χ1v) is 9.49. The number of carbonyl (C=O) groups excluding carboxylic acids is 2. The second kappa shape index (κ2) is 10.1. The highest BCUT2D eigenvalue weighted by Crippen LogP contribution is 2.24. The van der Waals surface area contributed by atoms with Crippen LogP contribution < -0.4 is 10.1 Å². The third kappa shape index (κ3) is 7.30. The van der Waals surface area contributed by atoms with E-state index in [9.17, 15) is 22.8 Å². The molecule has 0 atom stereocenters. The van der Waals surface area contributed by atoms with Gasteiger partial charge in [-0.1, -0.05) is 18.2 Å². The average molecular weight is 427 g/mol. The van der Waals surface area contributed by atoms with E-state index < -0.39 is 18.7 Å². The molecule has 29 heavy (non-hydrogen) atoms. The fourth-order valence-corrected chi connectivity index (χ4v) is 3.19. The first-order chi connectivity index (χ1) is 13.7. The number of hydrogen-bond acceptors (Lipinski definition) is 5. The summed E-state index contributed by atoms with van der Waals surface area (Å²) >= 11 is 1.23. The molecule has 1 aromatic carbocycles. The number of thioether (sulfide) groups is 1. The fourth-order valence-electron chi connectivity index (χ4n) is 2.16. The number of carbonyl (C=O) groups is 2. The number of pyridine rings is 1. The van der Waals surface area contributed by atoms with Crippen molar-refractivity contribution in [2.45, 2.75) is 17.6 Å². The maximum atomic E-state index is 12.6. The Morgan fingerprint density at radius 3 is 2.59 bits per heavy atom. The van der Waals surface area contributed by atoms with Crippen LogP contribution in [-0.2, 0) is 11.3 Å². The lowest BCUT2D eigenvalue weighted by atomic mass is 10.2. The lowest BCUT2D eigenvalue weighted by molar-refractivity contribution is -0.154. The third-order valence-electron chi connectivity index (χ3n) is 3.64. The second-order valence-corrected chi connectivity index (χ2v) is 7.14. The molecule has 0 aliphatic carbocycles. The minimum absolute atomic E-state index is 0.0600. The highest BCUT2D eigenvalue weighted by atomic mass is 32.2. The van der Waals surface area contributed by atoms with Crippen molar-refractivity contribution < 1.29 is 27.5 Å². The Hall–Kier alpha value is -2.75. The largest absolute Gasteiger partial charge is 0.468 e. The molecule has 0 bridgehead atoms. The lowest BCUT2D eigenvalue weighted by Gasteiger charge is -2.14. The molecule has 0 radical (unpaired) electrons. The number of nitrogens with zero attached hydrogens (tertiary/aromatic N) is 2. The van der Waals surface area contributed by atoms with E-state index in [0.29, 0.717) is 16.0 Å². The van der Waals surface area contributed by atoms with Crippen LogP contribution >= 0.6 is 11.8 Å². The van der Waals surface area contributed by atoms with Gasteiger partial charge in [-0.2, -0.15) is 13.2 Å². The van der Waals surface area contributed by atoms with E-state index in [0.717, 1.165) is 0 Å². The fraction of sp³-hybridized carbons (Fsp3) is 0.316. The molecule has 1 N–H and O–H groups in total. The molecule has 6 nitrogen and oxygen atoms in total. The van der Waals surface area contributed by atoms with Crippen LogP contribution in [0, 0.1) is 0 Å². The van der Waals surface area contributed by atoms with E-state index in [1.54, 1.807) is 44.4 Å². The topological polar surface area (TPSA) is 71.5 Å². The van der Waals surface area contributed by atoms with E-state index in [1.807, 2.05) is 0 Å². The van der Waals surface area contributed by atoms with E-state index in [2.05, 4.69) is 10.3 Å². The van der Waals surface area contributed by atoms with Gasteiger partial charge in [-0.15, -0.1) is 11.8 Å². The number of nitrogens with one attached hydrogen (secondary N) is 1. The standard InChI is InChI=1S/C19H20F3N3O3S/c1-25(2)16(26)11-29-15-8-4-3-7-14(15)17(27)24-10-13-6-5-9-23-18(13)28-12-19(20,21)22/h3-9H,10-12H2,1-2H3,(H,24,27). The van der Waals surface area contributed by atoms with Gasteiger partial charge in [-0.05, 0) is 18.2 Å². The Morgan fingerprint density at radius 1 is 1.17 bits per heavy atom. The predicted molar refractivity (Wildman–Crippen MR) is 103 cm³/mol. The zero-order valence-electron chi connectivity index (χ0n) is 15.8. The molecule has 0 aliphatic heterocycles. The molecule has 2 amide bonds. The van der Waals surface area contributed by atoms with Gasteiger partial charge in [-0.3, -0.25) is 9.59 Å². The van der Waals surface area contributed by atoms with Crippen molar-refractivity contribution in [2.24, 2.45) is 0 Å². The zero-order valence-corrected chi connectivity index (χ0v) is 16.6. The highest BCUT2D eigenvalue weighted by Gasteiger charge is 2.29.